The van der Waals surface area contributed by atoms with Crippen molar-refractivity contribution in [3.8, 4) is 0 Å². The molecule has 5 nitrogen and oxygen atoms in total. The number of anilines is 2. The number of rotatable bonds is 2. The van der Waals surface area contributed by atoms with Gasteiger partial charge in [0.25, 0.3) is 0 Å². The first kappa shape index (κ1) is 9.14. The molecule has 0 aliphatic carbocycles. The third-order valence-electron chi connectivity index (χ3n) is 2.00. The molecule has 76 valence electrons. The van der Waals surface area contributed by atoms with Gasteiger partial charge in [0.2, 0.25) is 5.95 Å². The molecule has 0 spiro atoms. The van der Waals surface area contributed by atoms with Crippen molar-refractivity contribution in [3.63, 3.8) is 0 Å². The number of hydrogen-bond donors (Lipinski definition) is 2. The van der Waals surface area contributed by atoms with Crippen LogP contribution < -0.4 is 11.1 Å². The summed E-state index contributed by atoms with van der Waals surface area (Å²) < 4.78 is 18.0. The molecule has 0 aromatic carbocycles. The number of nitrogens with zero attached hydrogens (tertiary/aromatic N) is 2. The number of aromatic nitrogens is 2. The molecule has 1 aromatic rings. The predicted octanol–water partition coefficient (Wildman–Crippen LogP) is 0.208. The Labute approximate surface area is 80.5 Å². The molecule has 1 aromatic heterocycles. The van der Waals surface area contributed by atoms with E-state index in [4.69, 9.17) is 10.5 Å². The van der Waals surface area contributed by atoms with Gasteiger partial charge in [0, 0.05) is 0 Å². The Morgan fingerprint density at radius 3 is 2.71 bits per heavy atom. The van der Waals surface area contributed by atoms with E-state index >= 15 is 0 Å². The van der Waals surface area contributed by atoms with E-state index < -0.39 is 6.17 Å². The number of halogens is 1. The first-order chi connectivity index (χ1) is 6.75. The van der Waals surface area contributed by atoms with Crippen LogP contribution in [-0.4, -0.2) is 35.4 Å². The maximum Gasteiger partial charge on any atom is 0.223 e. The second-order valence-electron chi connectivity index (χ2n) is 3.14. The Morgan fingerprint density at radius 1 is 1.43 bits per heavy atom. The summed E-state index contributed by atoms with van der Waals surface area (Å²) in [6.07, 6.45) is 1.94. The highest BCUT2D eigenvalue weighted by Crippen LogP contribution is 2.13. The van der Waals surface area contributed by atoms with Crippen LogP contribution in [0.5, 0.6) is 0 Å². The summed E-state index contributed by atoms with van der Waals surface area (Å²) >= 11 is 0. The van der Waals surface area contributed by atoms with Gasteiger partial charge in [-0.2, -0.15) is 0 Å². The molecule has 0 saturated carbocycles. The van der Waals surface area contributed by atoms with Crippen LogP contribution in [0.25, 0.3) is 0 Å². The van der Waals surface area contributed by atoms with E-state index in [0.717, 1.165) is 0 Å². The molecular weight excluding hydrogens is 187 g/mol. The normalized spacial score (nSPS) is 26.4. The fourth-order valence-corrected chi connectivity index (χ4v) is 1.24. The summed E-state index contributed by atoms with van der Waals surface area (Å²) in [5.74, 6) is 0.373. The predicted molar refractivity (Wildman–Crippen MR) is 49.6 cm³/mol. The number of ether oxygens (including phenoxy) is 1. The molecule has 3 N–H and O–H groups in total. The van der Waals surface area contributed by atoms with Crippen molar-refractivity contribution < 1.29 is 9.13 Å². The van der Waals surface area contributed by atoms with Crippen molar-refractivity contribution in [2.45, 2.75) is 12.2 Å². The van der Waals surface area contributed by atoms with Crippen LogP contribution in [0.3, 0.4) is 0 Å². The molecule has 14 heavy (non-hydrogen) atoms. The average Bonchev–Trinajstić information content (AvgIpc) is 2.56. The molecule has 0 bridgehead atoms. The smallest absolute Gasteiger partial charge is 0.223 e. The number of hydrogen-bond acceptors (Lipinski definition) is 5. The monoisotopic (exact) mass is 198 g/mol. The standard InChI is InChI=1S/C8H11FN4O/c9-6-3-14-4-7(6)13-8-11-1-5(10)2-12-8/h1-2,6-7H,3-4,10H2,(H,11,12,13)/t6-,7-/m1/s1. The van der Waals surface area contributed by atoms with Crippen LogP contribution in [0.4, 0.5) is 16.0 Å². The third kappa shape index (κ3) is 1.90. The molecule has 1 aliphatic heterocycles. The average molecular weight is 198 g/mol. The topological polar surface area (TPSA) is 73.1 Å². The molecule has 1 fully saturated rings. The quantitative estimate of drug-likeness (QED) is 0.710. The first-order valence-corrected chi connectivity index (χ1v) is 4.31. The molecule has 0 unspecified atom stereocenters. The number of nitrogens with one attached hydrogen (secondary N) is 1. The summed E-state index contributed by atoms with van der Waals surface area (Å²) in [6.45, 7) is 0.474. The zero-order valence-corrected chi connectivity index (χ0v) is 7.48. The molecular formula is C8H11FN4O. The Morgan fingerprint density at radius 2 is 2.14 bits per heavy atom. The molecule has 2 rings (SSSR count). The molecule has 0 radical (unpaired) electrons. The van der Waals surface area contributed by atoms with Gasteiger partial charge in [0.15, 0.2) is 0 Å². The lowest BCUT2D eigenvalue weighted by Gasteiger charge is -2.12. The summed E-state index contributed by atoms with van der Waals surface area (Å²) in [4.78, 5) is 7.81. The van der Waals surface area contributed by atoms with Gasteiger partial charge in [-0.05, 0) is 0 Å². The second-order valence-corrected chi connectivity index (χ2v) is 3.14. The largest absolute Gasteiger partial charge is 0.396 e. The Hall–Kier alpha value is -1.43. The second kappa shape index (κ2) is 3.75. The zero-order chi connectivity index (χ0) is 9.97. The van der Waals surface area contributed by atoms with Crippen LogP contribution in [0, 0.1) is 0 Å². The minimum Gasteiger partial charge on any atom is -0.396 e. The molecule has 2 atom stereocenters. The number of nitrogens with two attached hydrogens (primary N) is 1. The van der Waals surface area contributed by atoms with Crippen molar-refractivity contribution in [2.75, 3.05) is 24.3 Å². The minimum absolute atomic E-state index is 0.132. The summed E-state index contributed by atoms with van der Waals surface area (Å²) in [5, 5.41) is 2.84. The lowest BCUT2D eigenvalue weighted by molar-refractivity contribution is 0.173. The fraction of sp³-hybridized carbons (Fsp3) is 0.500. The number of alkyl halides is 1. The molecule has 0 amide bonds. The highest BCUT2D eigenvalue weighted by molar-refractivity contribution is 5.36. The highest BCUT2D eigenvalue weighted by Gasteiger charge is 2.28. The van der Waals surface area contributed by atoms with E-state index in [1.807, 2.05) is 0 Å². The Kier molecular flexibility index (Phi) is 2.45. The van der Waals surface area contributed by atoms with Crippen molar-refractivity contribution >= 4 is 11.6 Å². The van der Waals surface area contributed by atoms with E-state index in [9.17, 15) is 4.39 Å². The van der Waals surface area contributed by atoms with Crippen LogP contribution in [0.15, 0.2) is 12.4 Å². The van der Waals surface area contributed by atoms with Gasteiger partial charge in [-0.1, -0.05) is 0 Å². The van der Waals surface area contributed by atoms with Crippen molar-refractivity contribution in [3.05, 3.63) is 12.4 Å². The summed E-state index contributed by atoms with van der Waals surface area (Å²) in [5.41, 5.74) is 5.89. The first-order valence-electron chi connectivity index (χ1n) is 4.31. The van der Waals surface area contributed by atoms with Gasteiger partial charge in [0.05, 0.1) is 37.3 Å². The van der Waals surface area contributed by atoms with Crippen molar-refractivity contribution in [2.24, 2.45) is 0 Å². The van der Waals surface area contributed by atoms with Crippen LogP contribution >= 0.6 is 0 Å². The van der Waals surface area contributed by atoms with Crippen molar-refractivity contribution in [1.29, 1.82) is 0 Å². The maximum atomic E-state index is 13.1. The molecule has 1 aliphatic rings. The van der Waals surface area contributed by atoms with Gasteiger partial charge in [0.1, 0.15) is 6.17 Å². The van der Waals surface area contributed by atoms with Crippen LogP contribution in [-0.2, 0) is 4.74 Å². The van der Waals surface area contributed by atoms with Gasteiger partial charge >= 0.3 is 0 Å². The maximum absolute atomic E-state index is 13.1. The highest BCUT2D eigenvalue weighted by atomic mass is 19.1. The molecule has 6 heteroatoms. The molecule has 2 heterocycles. The van der Waals surface area contributed by atoms with Gasteiger partial charge < -0.3 is 15.8 Å². The SMILES string of the molecule is Nc1cnc(N[C@@H]2COC[C@H]2F)nc1. The fourth-order valence-electron chi connectivity index (χ4n) is 1.24. The van der Waals surface area contributed by atoms with Gasteiger partial charge in [-0.25, -0.2) is 14.4 Å². The lowest BCUT2D eigenvalue weighted by atomic mass is 10.2. The summed E-state index contributed by atoms with van der Waals surface area (Å²) in [6, 6.07) is -0.362. The molecule has 1 saturated heterocycles. The van der Waals surface area contributed by atoms with Crippen LogP contribution in [0.2, 0.25) is 0 Å². The van der Waals surface area contributed by atoms with Crippen LogP contribution in [0.1, 0.15) is 0 Å². The van der Waals surface area contributed by atoms with E-state index in [1.54, 1.807) is 0 Å². The minimum atomic E-state index is -1.00. The number of nitrogen functional groups attached to an aromatic ring is 1. The van der Waals surface area contributed by atoms with Gasteiger partial charge in [-0.15, -0.1) is 0 Å². The summed E-state index contributed by atoms with van der Waals surface area (Å²) in [7, 11) is 0. The van der Waals surface area contributed by atoms with E-state index in [0.29, 0.717) is 18.2 Å². The van der Waals surface area contributed by atoms with Crippen molar-refractivity contribution in [1.82, 2.24) is 9.97 Å². The third-order valence-corrected chi connectivity index (χ3v) is 2.00. The lowest BCUT2D eigenvalue weighted by Crippen LogP contribution is -2.29. The van der Waals surface area contributed by atoms with E-state index in [1.165, 1.54) is 12.4 Å². The zero-order valence-electron chi connectivity index (χ0n) is 7.48. The van der Waals surface area contributed by atoms with E-state index in [2.05, 4.69) is 15.3 Å². The Bertz CT molecular complexity index is 305. The Balaban J connectivity index is 2.00. The van der Waals surface area contributed by atoms with Gasteiger partial charge in [-0.3, -0.25) is 0 Å². The van der Waals surface area contributed by atoms with E-state index in [-0.39, 0.29) is 12.6 Å².